The van der Waals surface area contributed by atoms with Crippen molar-refractivity contribution < 1.29 is 14.8 Å². The van der Waals surface area contributed by atoms with Gasteiger partial charge in [-0.2, -0.15) is 0 Å². The van der Waals surface area contributed by atoms with Crippen molar-refractivity contribution in [2.24, 2.45) is 0 Å². The van der Waals surface area contributed by atoms with Crippen LogP contribution >= 0.6 is 0 Å². The minimum Gasteiger partial charge on any atom is -0.478 e. The lowest BCUT2D eigenvalue weighted by molar-refractivity contribution is -0.384. The van der Waals surface area contributed by atoms with Crippen molar-refractivity contribution in [2.45, 2.75) is 0 Å². The number of nitrogens with zero attached hydrogens (tertiary/aromatic N) is 1. The molecule has 0 bridgehead atoms. The van der Waals surface area contributed by atoms with Crippen molar-refractivity contribution in [2.75, 3.05) is 0 Å². The number of rotatable bonds is 4. The molecule has 0 aliphatic carbocycles. The largest absolute Gasteiger partial charge is 0.478 e. The van der Waals surface area contributed by atoms with E-state index < -0.39 is 10.9 Å². The molecule has 0 aliphatic rings. The maximum absolute atomic E-state index is 11.2. The highest BCUT2D eigenvalue weighted by molar-refractivity contribution is 5.86. The van der Waals surface area contributed by atoms with E-state index in [0.717, 1.165) is 11.6 Å². The van der Waals surface area contributed by atoms with Gasteiger partial charge in [0.2, 0.25) is 0 Å². The van der Waals surface area contributed by atoms with Crippen LogP contribution < -0.4 is 0 Å². The van der Waals surface area contributed by atoms with E-state index in [1.165, 1.54) is 12.1 Å². The average molecular weight is 269 g/mol. The van der Waals surface area contributed by atoms with Gasteiger partial charge >= 0.3 is 5.97 Å². The predicted molar refractivity (Wildman–Crippen MR) is 75.2 cm³/mol. The van der Waals surface area contributed by atoms with Gasteiger partial charge in [0.1, 0.15) is 0 Å². The first-order chi connectivity index (χ1) is 9.58. The lowest BCUT2D eigenvalue weighted by atomic mass is 10.0. The minimum absolute atomic E-state index is 0.0521. The van der Waals surface area contributed by atoms with Crippen LogP contribution in [0.15, 0.2) is 54.6 Å². The third-order valence-electron chi connectivity index (χ3n) is 2.72. The molecule has 0 radical (unpaired) electrons. The summed E-state index contributed by atoms with van der Waals surface area (Å²) >= 11 is 0. The zero-order valence-corrected chi connectivity index (χ0v) is 10.4. The predicted octanol–water partition coefficient (Wildman–Crippen LogP) is 3.36. The van der Waals surface area contributed by atoms with E-state index in [9.17, 15) is 14.9 Å². The summed E-state index contributed by atoms with van der Waals surface area (Å²) in [5.41, 5.74) is 1.67. The van der Waals surface area contributed by atoms with E-state index in [0.29, 0.717) is 11.1 Å². The Kier molecular flexibility index (Phi) is 3.91. The fourth-order valence-electron chi connectivity index (χ4n) is 1.83. The fraction of sp³-hybridized carbons (Fsp3) is 0. The van der Waals surface area contributed by atoms with Crippen LogP contribution in [0.3, 0.4) is 0 Å². The van der Waals surface area contributed by atoms with Crippen LogP contribution in [-0.2, 0) is 4.79 Å². The van der Waals surface area contributed by atoms with Crippen LogP contribution in [0.25, 0.3) is 17.2 Å². The number of benzene rings is 2. The Bertz CT molecular complexity index is 678. The number of nitro benzene ring substituents is 1. The van der Waals surface area contributed by atoms with Crippen LogP contribution in [0.4, 0.5) is 5.69 Å². The van der Waals surface area contributed by atoms with Gasteiger partial charge in [-0.25, -0.2) is 4.79 Å². The molecule has 0 saturated heterocycles. The van der Waals surface area contributed by atoms with Crippen LogP contribution in [0, 0.1) is 10.1 Å². The minimum atomic E-state index is -1.10. The van der Waals surface area contributed by atoms with Crippen LogP contribution in [0.1, 0.15) is 5.56 Å². The Labute approximate surface area is 115 Å². The summed E-state index contributed by atoms with van der Waals surface area (Å²) in [5.74, 6) is -1.10. The molecular formula is C15H11NO4. The van der Waals surface area contributed by atoms with Gasteiger partial charge in [-0.15, -0.1) is 0 Å². The van der Waals surface area contributed by atoms with E-state index in [2.05, 4.69) is 0 Å². The molecular weight excluding hydrogens is 258 g/mol. The fourth-order valence-corrected chi connectivity index (χ4v) is 1.83. The standard InChI is InChI=1S/C15H11NO4/c17-15(18)9-7-11-6-8-13(14(10-11)16(19)20)12-4-2-1-3-5-12/h1-10H,(H,17,18). The van der Waals surface area contributed by atoms with Crippen LogP contribution in [0.5, 0.6) is 0 Å². The maximum Gasteiger partial charge on any atom is 0.328 e. The van der Waals surface area contributed by atoms with Gasteiger partial charge in [0, 0.05) is 12.1 Å². The summed E-state index contributed by atoms with van der Waals surface area (Å²) in [6, 6.07) is 13.6. The zero-order chi connectivity index (χ0) is 14.5. The third kappa shape index (κ3) is 3.08. The monoisotopic (exact) mass is 269 g/mol. The van der Waals surface area contributed by atoms with Crippen LogP contribution in [0.2, 0.25) is 0 Å². The molecule has 0 atom stereocenters. The van der Waals surface area contributed by atoms with E-state index in [1.54, 1.807) is 36.4 Å². The highest BCUT2D eigenvalue weighted by atomic mass is 16.6. The molecule has 2 rings (SSSR count). The normalized spacial score (nSPS) is 10.6. The lowest BCUT2D eigenvalue weighted by Gasteiger charge is -2.04. The van der Waals surface area contributed by atoms with Crippen LogP contribution in [-0.4, -0.2) is 16.0 Å². The molecule has 2 aromatic rings. The lowest BCUT2D eigenvalue weighted by Crippen LogP contribution is -1.93. The second-order valence-corrected chi connectivity index (χ2v) is 4.07. The molecule has 2 aromatic carbocycles. The summed E-state index contributed by atoms with van der Waals surface area (Å²) in [5, 5.41) is 19.7. The van der Waals surface area contributed by atoms with Crippen molar-refractivity contribution in [1.29, 1.82) is 0 Å². The Morgan fingerprint density at radius 3 is 2.45 bits per heavy atom. The van der Waals surface area contributed by atoms with E-state index in [4.69, 9.17) is 5.11 Å². The number of hydrogen-bond acceptors (Lipinski definition) is 3. The smallest absolute Gasteiger partial charge is 0.328 e. The molecule has 0 fully saturated rings. The van der Waals surface area contributed by atoms with Gasteiger partial charge in [0.15, 0.2) is 0 Å². The van der Waals surface area contributed by atoms with E-state index in [1.807, 2.05) is 6.07 Å². The van der Waals surface area contributed by atoms with Gasteiger partial charge in [0.25, 0.3) is 5.69 Å². The number of carboxylic acids is 1. The zero-order valence-electron chi connectivity index (χ0n) is 10.4. The maximum atomic E-state index is 11.2. The Morgan fingerprint density at radius 1 is 1.15 bits per heavy atom. The average Bonchev–Trinajstić information content (AvgIpc) is 2.45. The molecule has 0 spiro atoms. The summed E-state index contributed by atoms with van der Waals surface area (Å²) < 4.78 is 0. The SMILES string of the molecule is O=C(O)C=Cc1ccc(-c2ccccc2)c([N+](=O)[O-])c1. The number of carboxylic acid groups (broad SMARTS) is 1. The van der Waals surface area contributed by atoms with Crippen molar-refractivity contribution >= 4 is 17.7 Å². The van der Waals surface area contributed by atoms with Gasteiger partial charge in [0.05, 0.1) is 10.5 Å². The first-order valence-corrected chi connectivity index (χ1v) is 5.83. The molecule has 0 amide bonds. The second-order valence-electron chi connectivity index (χ2n) is 4.07. The van der Waals surface area contributed by atoms with Gasteiger partial charge in [-0.3, -0.25) is 10.1 Å². The summed E-state index contributed by atoms with van der Waals surface area (Å²) in [6.45, 7) is 0. The van der Waals surface area contributed by atoms with Crippen molar-refractivity contribution in [3.05, 3.63) is 70.3 Å². The Morgan fingerprint density at radius 2 is 1.85 bits per heavy atom. The van der Waals surface area contributed by atoms with Crippen molar-refractivity contribution in [1.82, 2.24) is 0 Å². The molecule has 1 N–H and O–H groups in total. The molecule has 5 heteroatoms. The molecule has 5 nitrogen and oxygen atoms in total. The highest BCUT2D eigenvalue weighted by Crippen LogP contribution is 2.30. The first kappa shape index (κ1) is 13.5. The molecule has 0 unspecified atom stereocenters. The summed E-state index contributed by atoms with van der Waals surface area (Å²) in [6.07, 6.45) is 2.27. The molecule has 100 valence electrons. The Hall–Kier alpha value is -2.95. The number of aliphatic carboxylic acids is 1. The topological polar surface area (TPSA) is 80.4 Å². The van der Waals surface area contributed by atoms with E-state index >= 15 is 0 Å². The molecule has 0 heterocycles. The molecule has 0 aromatic heterocycles. The molecule has 0 aliphatic heterocycles. The molecule has 0 saturated carbocycles. The third-order valence-corrected chi connectivity index (χ3v) is 2.72. The van der Waals surface area contributed by atoms with E-state index in [-0.39, 0.29) is 5.69 Å². The van der Waals surface area contributed by atoms with Gasteiger partial charge in [-0.05, 0) is 23.3 Å². The van der Waals surface area contributed by atoms with Gasteiger partial charge < -0.3 is 5.11 Å². The quantitative estimate of drug-likeness (QED) is 0.524. The molecule has 20 heavy (non-hydrogen) atoms. The first-order valence-electron chi connectivity index (χ1n) is 5.83. The Balaban J connectivity index is 2.49. The van der Waals surface area contributed by atoms with Crippen molar-refractivity contribution in [3.8, 4) is 11.1 Å². The highest BCUT2D eigenvalue weighted by Gasteiger charge is 2.15. The summed E-state index contributed by atoms with van der Waals surface area (Å²) in [7, 11) is 0. The van der Waals surface area contributed by atoms with Gasteiger partial charge in [-0.1, -0.05) is 36.4 Å². The number of carbonyl (C=O) groups is 1. The van der Waals surface area contributed by atoms with Crippen molar-refractivity contribution in [3.63, 3.8) is 0 Å². The summed E-state index contributed by atoms with van der Waals surface area (Å²) in [4.78, 5) is 21.1. The number of hydrogen-bond donors (Lipinski definition) is 1. The second kappa shape index (κ2) is 5.79. The number of nitro groups is 1.